The summed E-state index contributed by atoms with van der Waals surface area (Å²) in [6.07, 6.45) is 0. The Bertz CT molecular complexity index is 1020. The van der Waals surface area contributed by atoms with Crippen LogP contribution in [0.3, 0.4) is 0 Å². The van der Waals surface area contributed by atoms with Crippen molar-refractivity contribution in [3.8, 4) is 28.6 Å². The topological polar surface area (TPSA) is 87.5 Å². The van der Waals surface area contributed by atoms with Crippen molar-refractivity contribution in [2.24, 2.45) is 7.05 Å². The standard InChI is InChI=1S/C19H18N4O4S/c1-23-18(13-5-3-4-6-14(13)25-2)21-22-19(23)28-10-17(24)20-12-7-8-15-16(9-12)27-11-26-15/h3-9H,10-11H2,1-2H3,(H,20,24). The largest absolute Gasteiger partial charge is 0.496 e. The normalized spacial score (nSPS) is 12.1. The Balaban J connectivity index is 1.41. The number of ether oxygens (including phenoxy) is 3. The van der Waals surface area contributed by atoms with E-state index in [0.717, 1.165) is 11.3 Å². The van der Waals surface area contributed by atoms with Crippen LogP contribution < -0.4 is 19.5 Å². The molecule has 9 heteroatoms. The Kier molecular flexibility index (Phi) is 5.07. The van der Waals surface area contributed by atoms with Gasteiger partial charge in [0, 0.05) is 18.8 Å². The van der Waals surface area contributed by atoms with Gasteiger partial charge in [0.2, 0.25) is 12.7 Å². The molecule has 144 valence electrons. The van der Waals surface area contributed by atoms with Crippen LogP contribution in [0, 0.1) is 0 Å². The lowest BCUT2D eigenvalue weighted by Gasteiger charge is -2.08. The molecule has 4 rings (SSSR count). The van der Waals surface area contributed by atoms with Gasteiger partial charge in [-0.05, 0) is 24.3 Å². The summed E-state index contributed by atoms with van der Waals surface area (Å²) < 4.78 is 17.8. The van der Waals surface area contributed by atoms with Gasteiger partial charge in [-0.2, -0.15) is 0 Å². The van der Waals surface area contributed by atoms with Crippen molar-refractivity contribution in [1.29, 1.82) is 0 Å². The molecule has 8 nitrogen and oxygen atoms in total. The predicted molar refractivity (Wildman–Crippen MR) is 105 cm³/mol. The van der Waals surface area contributed by atoms with E-state index in [1.165, 1.54) is 11.8 Å². The first-order chi connectivity index (χ1) is 13.7. The molecule has 1 N–H and O–H groups in total. The zero-order valence-electron chi connectivity index (χ0n) is 15.3. The van der Waals surface area contributed by atoms with Gasteiger partial charge in [-0.3, -0.25) is 4.79 Å². The zero-order valence-corrected chi connectivity index (χ0v) is 16.2. The number of fused-ring (bicyclic) bond motifs is 1. The van der Waals surface area contributed by atoms with Gasteiger partial charge < -0.3 is 24.1 Å². The Morgan fingerprint density at radius 2 is 2.04 bits per heavy atom. The lowest BCUT2D eigenvalue weighted by Crippen LogP contribution is -2.14. The van der Waals surface area contributed by atoms with Gasteiger partial charge in [0.25, 0.3) is 0 Å². The molecule has 0 atom stereocenters. The van der Waals surface area contributed by atoms with E-state index >= 15 is 0 Å². The van der Waals surface area contributed by atoms with Crippen molar-refractivity contribution in [1.82, 2.24) is 14.8 Å². The summed E-state index contributed by atoms with van der Waals surface area (Å²) in [5, 5.41) is 11.9. The summed E-state index contributed by atoms with van der Waals surface area (Å²) in [5.74, 6) is 2.75. The maximum atomic E-state index is 12.3. The number of nitrogens with zero attached hydrogens (tertiary/aromatic N) is 3. The van der Waals surface area contributed by atoms with E-state index in [4.69, 9.17) is 14.2 Å². The second-order valence-electron chi connectivity index (χ2n) is 5.97. The zero-order chi connectivity index (χ0) is 19.5. The summed E-state index contributed by atoms with van der Waals surface area (Å²) in [6, 6.07) is 12.9. The fraction of sp³-hybridized carbons (Fsp3) is 0.211. The van der Waals surface area contributed by atoms with E-state index in [1.807, 2.05) is 35.9 Å². The molecule has 1 aliphatic rings. The van der Waals surface area contributed by atoms with Crippen molar-refractivity contribution in [2.75, 3.05) is 25.0 Å². The highest BCUT2D eigenvalue weighted by Gasteiger charge is 2.17. The number of anilines is 1. The molecule has 0 saturated carbocycles. The maximum absolute atomic E-state index is 12.3. The molecule has 0 aliphatic carbocycles. The Morgan fingerprint density at radius 1 is 1.21 bits per heavy atom. The SMILES string of the molecule is COc1ccccc1-c1nnc(SCC(=O)Nc2ccc3c(c2)OCO3)n1C. The van der Waals surface area contributed by atoms with Crippen LogP contribution in [0.15, 0.2) is 47.6 Å². The molecule has 28 heavy (non-hydrogen) atoms. The van der Waals surface area contributed by atoms with E-state index in [2.05, 4.69) is 15.5 Å². The highest BCUT2D eigenvalue weighted by molar-refractivity contribution is 7.99. The molecule has 2 heterocycles. The van der Waals surface area contributed by atoms with Gasteiger partial charge in [-0.25, -0.2) is 0 Å². The number of aromatic nitrogens is 3. The average Bonchev–Trinajstić information content (AvgIpc) is 3.32. The van der Waals surface area contributed by atoms with Crippen molar-refractivity contribution in [3.05, 3.63) is 42.5 Å². The minimum Gasteiger partial charge on any atom is -0.496 e. The van der Waals surface area contributed by atoms with E-state index < -0.39 is 0 Å². The third-order valence-electron chi connectivity index (χ3n) is 4.17. The number of carbonyl (C=O) groups excluding carboxylic acids is 1. The number of amides is 1. The molecular weight excluding hydrogens is 380 g/mol. The summed E-state index contributed by atoms with van der Waals surface area (Å²) in [7, 11) is 3.48. The Morgan fingerprint density at radius 3 is 2.89 bits per heavy atom. The molecule has 1 aromatic heterocycles. The smallest absolute Gasteiger partial charge is 0.234 e. The number of methoxy groups -OCH3 is 1. The fourth-order valence-electron chi connectivity index (χ4n) is 2.81. The molecular formula is C19H18N4O4S. The summed E-state index contributed by atoms with van der Waals surface area (Å²) in [5.41, 5.74) is 1.50. The second kappa shape index (κ2) is 7.81. The monoisotopic (exact) mass is 398 g/mol. The lowest BCUT2D eigenvalue weighted by atomic mass is 10.2. The van der Waals surface area contributed by atoms with Crippen LogP contribution in [0.4, 0.5) is 5.69 Å². The number of thioether (sulfide) groups is 1. The van der Waals surface area contributed by atoms with Gasteiger partial charge in [-0.15, -0.1) is 10.2 Å². The van der Waals surface area contributed by atoms with E-state index in [9.17, 15) is 4.79 Å². The Hall–Kier alpha value is -3.20. The average molecular weight is 398 g/mol. The van der Waals surface area contributed by atoms with Crippen molar-refractivity contribution in [3.63, 3.8) is 0 Å². The number of rotatable bonds is 6. The quantitative estimate of drug-likeness (QED) is 0.639. The summed E-state index contributed by atoms with van der Waals surface area (Å²) in [6.45, 7) is 0.198. The van der Waals surface area contributed by atoms with E-state index in [1.54, 1.807) is 25.3 Å². The van der Waals surface area contributed by atoms with Crippen LogP contribution >= 0.6 is 11.8 Å². The summed E-state index contributed by atoms with van der Waals surface area (Å²) >= 11 is 1.31. The number of hydrogen-bond donors (Lipinski definition) is 1. The van der Waals surface area contributed by atoms with Crippen LogP contribution in [-0.2, 0) is 11.8 Å². The number of hydrogen-bond acceptors (Lipinski definition) is 7. The summed E-state index contributed by atoms with van der Waals surface area (Å²) in [4.78, 5) is 12.3. The van der Waals surface area contributed by atoms with Gasteiger partial charge >= 0.3 is 0 Å². The Labute approximate surface area is 165 Å². The van der Waals surface area contributed by atoms with Crippen LogP contribution in [0.2, 0.25) is 0 Å². The number of carbonyl (C=O) groups is 1. The van der Waals surface area contributed by atoms with E-state index in [0.29, 0.717) is 28.2 Å². The molecule has 2 aromatic carbocycles. The fourth-order valence-corrected chi connectivity index (χ4v) is 3.52. The van der Waals surface area contributed by atoms with Crippen molar-refractivity contribution < 1.29 is 19.0 Å². The van der Waals surface area contributed by atoms with Gasteiger partial charge in [0.15, 0.2) is 22.5 Å². The molecule has 3 aromatic rings. The molecule has 0 radical (unpaired) electrons. The minimum absolute atomic E-state index is 0.147. The molecule has 0 fully saturated rings. The molecule has 0 saturated heterocycles. The second-order valence-corrected chi connectivity index (χ2v) is 6.91. The molecule has 0 bridgehead atoms. The highest BCUT2D eigenvalue weighted by Crippen LogP contribution is 2.34. The van der Waals surface area contributed by atoms with Gasteiger partial charge in [0.1, 0.15) is 5.75 Å². The molecule has 0 unspecified atom stereocenters. The minimum atomic E-state index is -0.147. The number of benzene rings is 2. The first-order valence-corrected chi connectivity index (χ1v) is 9.49. The van der Waals surface area contributed by atoms with Crippen LogP contribution in [-0.4, -0.2) is 40.3 Å². The predicted octanol–water partition coefficient (Wildman–Crippen LogP) is 2.95. The van der Waals surface area contributed by atoms with Crippen molar-refractivity contribution >= 4 is 23.4 Å². The third-order valence-corrected chi connectivity index (χ3v) is 5.19. The van der Waals surface area contributed by atoms with Gasteiger partial charge in [-0.1, -0.05) is 23.9 Å². The molecule has 1 aliphatic heterocycles. The maximum Gasteiger partial charge on any atom is 0.234 e. The van der Waals surface area contributed by atoms with Crippen molar-refractivity contribution in [2.45, 2.75) is 5.16 Å². The highest BCUT2D eigenvalue weighted by atomic mass is 32.2. The molecule has 0 spiro atoms. The number of nitrogens with one attached hydrogen (secondary N) is 1. The van der Waals surface area contributed by atoms with Crippen LogP contribution in [0.5, 0.6) is 17.2 Å². The van der Waals surface area contributed by atoms with E-state index in [-0.39, 0.29) is 18.5 Å². The first kappa shape index (κ1) is 18.2. The molecule has 1 amide bonds. The van der Waals surface area contributed by atoms with Crippen LogP contribution in [0.25, 0.3) is 11.4 Å². The first-order valence-electron chi connectivity index (χ1n) is 8.51. The third kappa shape index (κ3) is 3.61. The van der Waals surface area contributed by atoms with Crippen LogP contribution in [0.1, 0.15) is 0 Å². The number of para-hydroxylation sites is 1. The lowest BCUT2D eigenvalue weighted by molar-refractivity contribution is -0.113. The van der Waals surface area contributed by atoms with Gasteiger partial charge in [0.05, 0.1) is 18.4 Å².